The van der Waals surface area contributed by atoms with Crippen molar-refractivity contribution < 1.29 is 10.2 Å². The quantitative estimate of drug-likeness (QED) is 0.478. The highest BCUT2D eigenvalue weighted by Gasteiger charge is 2.23. The number of nitriles is 1. The first kappa shape index (κ1) is 16.5. The minimum absolute atomic E-state index is 0.0437. The molecule has 1 aromatic heterocycles. The Bertz CT molecular complexity index is 1280. The standard InChI is InChI=1S/C19H14N6O2/c1-9-10(2)19(27)25(18(9)26)17-12-7-11(8-20)15(21)24-16(12)22-13-5-3-4-6-14(13)23-17/h3-7,21,26-27H,1-2H3. The zero-order valence-corrected chi connectivity index (χ0v) is 14.5. The van der Waals surface area contributed by atoms with Crippen molar-refractivity contribution in [2.75, 3.05) is 0 Å². The van der Waals surface area contributed by atoms with Crippen molar-refractivity contribution in [3.05, 3.63) is 52.5 Å². The van der Waals surface area contributed by atoms with E-state index in [0.29, 0.717) is 27.7 Å². The van der Waals surface area contributed by atoms with Crippen LogP contribution in [0.15, 0.2) is 30.3 Å². The number of para-hydroxylation sites is 2. The maximum Gasteiger partial charge on any atom is 0.203 e. The molecule has 8 heteroatoms. The highest BCUT2D eigenvalue weighted by Crippen LogP contribution is 2.38. The van der Waals surface area contributed by atoms with E-state index in [1.165, 1.54) is 10.6 Å². The largest absolute Gasteiger partial charge is 0.494 e. The molecule has 2 aliphatic heterocycles. The number of pyridine rings is 1. The molecule has 0 atom stereocenters. The number of rotatable bonds is 1. The molecule has 27 heavy (non-hydrogen) atoms. The van der Waals surface area contributed by atoms with Gasteiger partial charge in [-0.1, -0.05) is 12.1 Å². The summed E-state index contributed by atoms with van der Waals surface area (Å²) < 4.78 is 1.20. The van der Waals surface area contributed by atoms with E-state index in [0.717, 1.165) is 0 Å². The Labute approximate surface area is 153 Å². The van der Waals surface area contributed by atoms with Crippen molar-refractivity contribution in [3.63, 3.8) is 0 Å². The van der Waals surface area contributed by atoms with Crippen LogP contribution in [0.5, 0.6) is 11.8 Å². The summed E-state index contributed by atoms with van der Waals surface area (Å²) >= 11 is 0. The van der Waals surface area contributed by atoms with Gasteiger partial charge in [0.25, 0.3) is 0 Å². The van der Waals surface area contributed by atoms with Crippen LogP contribution in [0.4, 0.5) is 0 Å². The normalized spacial score (nSPS) is 11.0. The van der Waals surface area contributed by atoms with Gasteiger partial charge in [0, 0.05) is 11.1 Å². The van der Waals surface area contributed by atoms with Gasteiger partial charge < -0.3 is 10.2 Å². The number of nitrogens with one attached hydrogen (secondary N) is 1. The van der Waals surface area contributed by atoms with E-state index in [-0.39, 0.29) is 34.5 Å². The topological polar surface area (TPSA) is 132 Å². The number of aromatic nitrogens is 4. The molecule has 8 nitrogen and oxygen atoms in total. The predicted molar refractivity (Wildman–Crippen MR) is 96.7 cm³/mol. The molecule has 0 saturated heterocycles. The van der Waals surface area contributed by atoms with E-state index in [2.05, 4.69) is 15.0 Å². The van der Waals surface area contributed by atoms with Crippen LogP contribution in [-0.4, -0.2) is 29.7 Å². The molecule has 0 aliphatic carbocycles. The molecule has 0 saturated carbocycles. The Hall–Kier alpha value is -3.99. The van der Waals surface area contributed by atoms with Crippen molar-refractivity contribution in [3.8, 4) is 35.0 Å². The van der Waals surface area contributed by atoms with Crippen LogP contribution >= 0.6 is 0 Å². The maximum absolute atomic E-state index is 10.6. The Morgan fingerprint density at radius 3 is 2.19 bits per heavy atom. The first-order valence-electron chi connectivity index (χ1n) is 8.09. The molecule has 3 N–H and O–H groups in total. The fraction of sp³-hybridized carbons (Fsp3) is 0.105. The van der Waals surface area contributed by atoms with Gasteiger partial charge in [0.2, 0.25) is 11.8 Å². The maximum atomic E-state index is 10.6. The van der Waals surface area contributed by atoms with Crippen LogP contribution in [0.3, 0.4) is 0 Å². The molecular formula is C19H14N6O2. The molecule has 3 heterocycles. The van der Waals surface area contributed by atoms with E-state index >= 15 is 0 Å². The summed E-state index contributed by atoms with van der Waals surface area (Å²) in [6.45, 7) is 3.37. The number of hydrogen-bond acceptors (Lipinski definition) is 7. The smallest absolute Gasteiger partial charge is 0.203 e. The highest BCUT2D eigenvalue weighted by atomic mass is 16.3. The van der Waals surface area contributed by atoms with Crippen molar-refractivity contribution in [1.29, 1.82) is 10.7 Å². The predicted octanol–water partition coefficient (Wildman–Crippen LogP) is 2.30. The van der Waals surface area contributed by atoms with Gasteiger partial charge in [-0.05, 0) is 32.0 Å². The van der Waals surface area contributed by atoms with E-state index in [1.54, 1.807) is 38.1 Å². The Kier molecular flexibility index (Phi) is 3.53. The third-order valence-electron chi connectivity index (χ3n) is 4.57. The number of aromatic hydroxyl groups is 2. The summed E-state index contributed by atoms with van der Waals surface area (Å²) in [5.74, 6) is 0.0319. The molecule has 2 aromatic rings. The minimum atomic E-state index is -0.202. The van der Waals surface area contributed by atoms with Crippen molar-refractivity contribution in [2.45, 2.75) is 13.8 Å². The Morgan fingerprint density at radius 1 is 1.00 bits per heavy atom. The molecule has 0 fully saturated rings. The lowest BCUT2D eigenvalue weighted by Gasteiger charge is -2.09. The lowest BCUT2D eigenvalue weighted by molar-refractivity contribution is 0.399. The van der Waals surface area contributed by atoms with Crippen LogP contribution < -0.4 is 5.49 Å². The molecule has 0 amide bonds. The summed E-state index contributed by atoms with van der Waals surface area (Å²) in [6, 6.07) is 10.5. The number of benzene rings is 1. The van der Waals surface area contributed by atoms with Crippen LogP contribution in [0.25, 0.3) is 28.2 Å². The minimum Gasteiger partial charge on any atom is -0.494 e. The Morgan fingerprint density at radius 2 is 1.59 bits per heavy atom. The lowest BCUT2D eigenvalue weighted by Crippen LogP contribution is -2.13. The van der Waals surface area contributed by atoms with Gasteiger partial charge in [-0.15, -0.1) is 0 Å². The summed E-state index contributed by atoms with van der Waals surface area (Å²) in [4.78, 5) is 13.2. The third kappa shape index (κ3) is 2.37. The van der Waals surface area contributed by atoms with E-state index in [1.807, 2.05) is 6.07 Å². The molecular weight excluding hydrogens is 344 g/mol. The van der Waals surface area contributed by atoms with E-state index in [4.69, 9.17) is 5.41 Å². The summed E-state index contributed by atoms with van der Waals surface area (Å²) in [6.07, 6.45) is 0. The van der Waals surface area contributed by atoms with Crippen molar-refractivity contribution >= 4 is 11.0 Å². The number of hydrogen-bond donors (Lipinski definition) is 3. The number of nitrogens with zero attached hydrogens (tertiary/aromatic N) is 5. The molecule has 4 rings (SSSR count). The zero-order chi connectivity index (χ0) is 19.3. The van der Waals surface area contributed by atoms with Crippen LogP contribution in [0.1, 0.15) is 16.7 Å². The summed E-state index contributed by atoms with van der Waals surface area (Å²) in [5, 5.41) is 38.3. The fourth-order valence-electron chi connectivity index (χ4n) is 2.92. The number of fused-ring (bicyclic) bond motifs is 2. The second-order valence-corrected chi connectivity index (χ2v) is 6.14. The molecule has 1 aromatic carbocycles. The lowest BCUT2D eigenvalue weighted by atomic mass is 10.1. The van der Waals surface area contributed by atoms with Crippen LogP contribution in [-0.2, 0) is 0 Å². The Balaban J connectivity index is 2.26. The van der Waals surface area contributed by atoms with Crippen molar-refractivity contribution in [2.24, 2.45) is 0 Å². The second-order valence-electron chi connectivity index (χ2n) is 6.14. The first-order valence-corrected chi connectivity index (χ1v) is 8.09. The third-order valence-corrected chi connectivity index (χ3v) is 4.57. The van der Waals surface area contributed by atoms with Gasteiger partial charge >= 0.3 is 0 Å². The summed E-state index contributed by atoms with van der Waals surface area (Å²) in [7, 11) is 0. The average molecular weight is 358 g/mol. The van der Waals surface area contributed by atoms with E-state index < -0.39 is 0 Å². The first-order chi connectivity index (χ1) is 12.9. The monoisotopic (exact) mass is 358 g/mol. The highest BCUT2D eigenvalue weighted by molar-refractivity contribution is 5.80. The molecule has 0 unspecified atom stereocenters. The van der Waals surface area contributed by atoms with Gasteiger partial charge in [-0.3, -0.25) is 5.41 Å². The van der Waals surface area contributed by atoms with Gasteiger partial charge in [0.15, 0.2) is 17.1 Å². The van der Waals surface area contributed by atoms with Gasteiger partial charge in [0.1, 0.15) is 6.07 Å². The summed E-state index contributed by atoms with van der Waals surface area (Å²) in [5.41, 5.74) is 2.24. The van der Waals surface area contributed by atoms with Gasteiger partial charge in [-0.25, -0.2) is 19.5 Å². The van der Waals surface area contributed by atoms with Gasteiger partial charge in [0.05, 0.1) is 22.2 Å². The molecule has 132 valence electrons. The van der Waals surface area contributed by atoms with Crippen LogP contribution in [0, 0.1) is 30.6 Å². The van der Waals surface area contributed by atoms with Crippen molar-refractivity contribution in [1.82, 2.24) is 19.5 Å². The molecule has 0 spiro atoms. The fourth-order valence-corrected chi connectivity index (χ4v) is 2.92. The average Bonchev–Trinajstić information content (AvgIpc) is 2.79. The van der Waals surface area contributed by atoms with Crippen LogP contribution in [0.2, 0.25) is 0 Å². The molecule has 0 radical (unpaired) electrons. The molecule has 0 bridgehead atoms. The molecule has 2 aliphatic rings. The van der Waals surface area contributed by atoms with Gasteiger partial charge in [-0.2, -0.15) is 5.26 Å². The second kappa shape index (κ2) is 5.78. The van der Waals surface area contributed by atoms with E-state index in [9.17, 15) is 15.5 Å². The SMILES string of the molecule is Cc1c(C)c(O)n(-c2nc3ccccc3nc3nc(=N)c(C#N)cc2-3)c1O. The zero-order valence-electron chi connectivity index (χ0n) is 14.5.